The van der Waals surface area contributed by atoms with E-state index in [4.69, 9.17) is 23.2 Å². The van der Waals surface area contributed by atoms with Crippen LogP contribution in [0.4, 0.5) is 30.7 Å². The standard InChI is InChI=1S/C9H12.C8H9Br.C8H8ClF.C8H9Cl.2C8H8F2.2C8H9F.C8H10/c1-7-4-5-8(2)9(3)6-7;1-6-3-4-7(2)8(9)5-6;1-5-3-7(9)6(2)8(10)4-5;1-6-3-4-7(2)8(9)5-6;1-5-3-8(10)6(2)4-7(5)9;1-5-3-7(9)6(2)8(10)4-5;2*1-6-3-4-7(2)8(9)5-6;1-7-3-5-8(2)6-4-7/h4-6H,1-3H3;3-5H,1-2H3;3-4H,1-2H3;3-5H,1-2H3;2*3-4H,1-2H3;2*3-5H,1-2H3;3-6H,1-2H3. The third-order valence-electron chi connectivity index (χ3n) is 12.5. The Balaban J connectivity index is 0.000000467. The van der Waals surface area contributed by atoms with Crippen LogP contribution in [0.25, 0.3) is 0 Å². The molecule has 0 aromatic heterocycles. The highest BCUT2D eigenvalue weighted by atomic mass is 79.9. The minimum atomic E-state index is -0.475. The highest BCUT2D eigenvalue weighted by Crippen LogP contribution is 2.21. The molecule has 444 valence electrons. The zero-order valence-electron chi connectivity index (χ0n) is 51.7. The van der Waals surface area contributed by atoms with Gasteiger partial charge < -0.3 is 0 Å². The molecule has 0 saturated carbocycles. The monoisotopic (exact) mass is 1240 g/mol. The summed E-state index contributed by atoms with van der Waals surface area (Å²) in [7, 11) is 0. The van der Waals surface area contributed by atoms with E-state index in [1.807, 2.05) is 58.9 Å². The van der Waals surface area contributed by atoms with Crippen molar-refractivity contribution in [1.29, 1.82) is 0 Å². The van der Waals surface area contributed by atoms with E-state index in [9.17, 15) is 30.7 Å². The van der Waals surface area contributed by atoms with E-state index in [1.54, 1.807) is 45.9 Å². The molecule has 0 saturated heterocycles. The lowest BCUT2D eigenvalue weighted by Crippen LogP contribution is -1.88. The molecular formula is C73H82BrCl2F7. The van der Waals surface area contributed by atoms with Gasteiger partial charge in [-0.2, -0.15) is 0 Å². The Labute approximate surface area is 511 Å². The lowest BCUT2D eigenvalue weighted by atomic mass is 10.1. The van der Waals surface area contributed by atoms with Gasteiger partial charge in [0.25, 0.3) is 0 Å². The predicted octanol–water partition coefficient (Wildman–Crippen LogP) is 24.1. The molecule has 0 unspecified atom stereocenters. The van der Waals surface area contributed by atoms with Gasteiger partial charge in [-0.3, -0.25) is 0 Å². The molecule has 10 heteroatoms. The maximum Gasteiger partial charge on any atom is 0.129 e. The molecule has 0 aliphatic carbocycles. The highest BCUT2D eigenvalue weighted by molar-refractivity contribution is 9.10. The van der Waals surface area contributed by atoms with Crippen LogP contribution in [0.1, 0.15) is 106 Å². The molecular weight excluding hydrogens is 1160 g/mol. The molecule has 9 aromatic carbocycles. The minimum Gasteiger partial charge on any atom is -0.207 e. The summed E-state index contributed by atoms with van der Waals surface area (Å²) in [6.45, 7) is 35.7. The van der Waals surface area contributed by atoms with Gasteiger partial charge in [-0.05, 0) is 270 Å². The maximum atomic E-state index is 12.8. The average molecular weight is 1240 g/mol. The summed E-state index contributed by atoms with van der Waals surface area (Å²) in [6.07, 6.45) is 0. The average Bonchev–Trinajstić information content (AvgIpc) is 3.42. The maximum absolute atomic E-state index is 12.8. The second-order valence-corrected chi connectivity index (χ2v) is 22.5. The summed E-state index contributed by atoms with van der Waals surface area (Å²) in [4.78, 5) is 0. The first-order valence-electron chi connectivity index (χ1n) is 26.9. The Morgan fingerprint density at radius 2 is 0.494 bits per heavy atom. The molecule has 0 fully saturated rings. The van der Waals surface area contributed by atoms with Crippen molar-refractivity contribution in [2.24, 2.45) is 0 Å². The van der Waals surface area contributed by atoms with Crippen LogP contribution in [0.2, 0.25) is 10.0 Å². The summed E-state index contributed by atoms with van der Waals surface area (Å²) in [5.74, 6) is -2.11. The van der Waals surface area contributed by atoms with E-state index < -0.39 is 11.6 Å². The van der Waals surface area contributed by atoms with Crippen LogP contribution in [-0.4, -0.2) is 0 Å². The van der Waals surface area contributed by atoms with E-state index in [1.165, 1.54) is 112 Å². The van der Waals surface area contributed by atoms with Crippen molar-refractivity contribution in [1.82, 2.24) is 0 Å². The van der Waals surface area contributed by atoms with Crippen molar-refractivity contribution < 1.29 is 30.7 Å². The van der Waals surface area contributed by atoms with Gasteiger partial charge in [-0.25, -0.2) is 30.7 Å². The molecule has 0 nitrogen and oxygen atoms in total. The topological polar surface area (TPSA) is 0 Å². The number of hydrogen-bond acceptors (Lipinski definition) is 0. The van der Waals surface area contributed by atoms with Crippen molar-refractivity contribution >= 4 is 39.1 Å². The van der Waals surface area contributed by atoms with E-state index in [0.717, 1.165) is 27.3 Å². The fraction of sp³-hybridized carbons (Fsp3) is 0.260. The fourth-order valence-corrected chi connectivity index (χ4v) is 7.60. The van der Waals surface area contributed by atoms with Gasteiger partial charge in [0.05, 0.1) is 0 Å². The van der Waals surface area contributed by atoms with Gasteiger partial charge in [0.2, 0.25) is 0 Å². The minimum absolute atomic E-state index is 0.0885. The second kappa shape index (κ2) is 37.7. The molecule has 9 aromatic rings. The van der Waals surface area contributed by atoms with Crippen LogP contribution in [0, 0.1) is 172 Å². The first kappa shape index (κ1) is 74.6. The Morgan fingerprint density at radius 1 is 0.217 bits per heavy atom. The summed E-state index contributed by atoms with van der Waals surface area (Å²) >= 11 is 14.9. The Bertz CT molecular complexity index is 3000. The summed E-state index contributed by atoms with van der Waals surface area (Å²) in [5.41, 5.74) is 17.8. The van der Waals surface area contributed by atoms with Crippen LogP contribution in [-0.2, 0) is 0 Å². The molecule has 0 bridgehead atoms. The first-order valence-corrected chi connectivity index (χ1v) is 28.4. The zero-order valence-corrected chi connectivity index (χ0v) is 54.8. The molecule has 0 N–H and O–H groups in total. The molecule has 0 aliphatic heterocycles. The van der Waals surface area contributed by atoms with Crippen molar-refractivity contribution in [2.75, 3.05) is 0 Å². The third kappa shape index (κ3) is 30.1. The second-order valence-electron chi connectivity index (χ2n) is 20.8. The predicted molar refractivity (Wildman–Crippen MR) is 345 cm³/mol. The van der Waals surface area contributed by atoms with Gasteiger partial charge in [-0.1, -0.05) is 147 Å². The SMILES string of the molecule is Cc1cc(F)c(C)c(Cl)c1.Cc1cc(F)c(C)c(F)c1.Cc1cc(F)c(C)cc1F.Cc1ccc(C)c(Br)c1.Cc1ccc(C)c(C)c1.Cc1ccc(C)c(Cl)c1.Cc1ccc(C)c(F)c1.Cc1ccc(C)c(F)c1.Cc1ccc(C)cc1. The molecule has 0 spiro atoms. The smallest absolute Gasteiger partial charge is 0.129 e. The number of rotatable bonds is 0. The molecule has 83 heavy (non-hydrogen) atoms. The lowest BCUT2D eigenvalue weighted by Gasteiger charge is -1.99. The van der Waals surface area contributed by atoms with Crippen LogP contribution in [0.3, 0.4) is 0 Å². The van der Waals surface area contributed by atoms with Crippen molar-refractivity contribution in [2.45, 2.75) is 132 Å². The van der Waals surface area contributed by atoms with E-state index in [2.05, 4.69) is 131 Å². The Kier molecular flexibility index (Phi) is 33.9. The molecule has 0 atom stereocenters. The van der Waals surface area contributed by atoms with Crippen LogP contribution in [0.15, 0.2) is 156 Å². The highest BCUT2D eigenvalue weighted by Gasteiger charge is 2.05. The van der Waals surface area contributed by atoms with Crippen molar-refractivity contribution in [3.8, 4) is 0 Å². The summed E-state index contributed by atoms with van der Waals surface area (Å²) in [6, 6.07) is 46.1. The van der Waals surface area contributed by atoms with Crippen LogP contribution in [0.5, 0.6) is 0 Å². The van der Waals surface area contributed by atoms with Gasteiger partial charge in [0.15, 0.2) is 0 Å². The van der Waals surface area contributed by atoms with E-state index in [-0.39, 0.29) is 34.6 Å². The van der Waals surface area contributed by atoms with Gasteiger partial charge in [-0.15, -0.1) is 0 Å². The van der Waals surface area contributed by atoms with E-state index >= 15 is 0 Å². The molecule has 9 rings (SSSR count). The summed E-state index contributed by atoms with van der Waals surface area (Å²) in [5, 5.41) is 1.35. The number of aryl methyl sites for hydroxylation is 17. The third-order valence-corrected chi connectivity index (χ3v) is 14.1. The number of benzene rings is 9. The van der Waals surface area contributed by atoms with Crippen molar-refractivity contribution in [3.05, 3.63) is 313 Å². The normalized spacial score (nSPS) is 9.75. The quantitative estimate of drug-likeness (QED) is 0.133. The van der Waals surface area contributed by atoms with E-state index in [0.29, 0.717) is 38.4 Å². The lowest BCUT2D eigenvalue weighted by molar-refractivity contribution is 0.566. The Morgan fingerprint density at radius 3 is 0.807 bits per heavy atom. The molecule has 0 radical (unpaired) electrons. The molecule has 0 aliphatic rings. The van der Waals surface area contributed by atoms with Gasteiger partial charge in [0.1, 0.15) is 40.7 Å². The largest absolute Gasteiger partial charge is 0.207 e. The zero-order chi connectivity index (χ0) is 63.4. The Hall–Kier alpha value is -6.45. The van der Waals surface area contributed by atoms with Crippen LogP contribution < -0.4 is 0 Å². The molecule has 0 heterocycles. The first-order chi connectivity index (χ1) is 38.6. The summed E-state index contributed by atoms with van der Waals surface area (Å²) < 4.78 is 89.5. The van der Waals surface area contributed by atoms with Crippen molar-refractivity contribution in [3.63, 3.8) is 0 Å². The van der Waals surface area contributed by atoms with Gasteiger partial charge >= 0.3 is 0 Å². The number of halogens is 10. The fourth-order valence-electron chi connectivity index (χ4n) is 6.61. The molecule has 0 amide bonds. The van der Waals surface area contributed by atoms with Gasteiger partial charge in [0, 0.05) is 25.6 Å². The number of hydrogen-bond donors (Lipinski definition) is 0. The van der Waals surface area contributed by atoms with Crippen LogP contribution >= 0.6 is 39.1 Å².